The summed E-state index contributed by atoms with van der Waals surface area (Å²) in [6, 6.07) is 5.59. The third kappa shape index (κ3) is 3.21. The van der Waals surface area contributed by atoms with Crippen LogP contribution >= 0.6 is 0 Å². The molecule has 90 valence electrons. The lowest BCUT2D eigenvalue weighted by Crippen LogP contribution is -2.05. The van der Waals surface area contributed by atoms with Gasteiger partial charge < -0.3 is 11.1 Å². The van der Waals surface area contributed by atoms with E-state index in [1.165, 1.54) is 5.56 Å². The summed E-state index contributed by atoms with van der Waals surface area (Å²) in [6.45, 7) is 2.91. The number of aromatic nitrogens is 3. The monoisotopic (exact) mass is 231 g/mol. The van der Waals surface area contributed by atoms with Crippen LogP contribution in [-0.2, 0) is 6.42 Å². The van der Waals surface area contributed by atoms with Crippen LogP contribution in [0.3, 0.4) is 0 Å². The molecule has 0 bridgehead atoms. The zero-order valence-corrected chi connectivity index (χ0v) is 9.90. The largest absolute Gasteiger partial charge is 0.384 e. The number of nitrogen functional groups attached to an aromatic ring is 1. The summed E-state index contributed by atoms with van der Waals surface area (Å²) in [7, 11) is 0. The van der Waals surface area contributed by atoms with Gasteiger partial charge in [0.25, 0.3) is 0 Å². The molecule has 4 N–H and O–H groups in total. The Morgan fingerprint density at radius 1 is 1.41 bits per heavy atom. The molecular formula is C12H17N5. The Labute approximate surface area is 100 Å². The molecule has 0 amide bonds. The van der Waals surface area contributed by atoms with Crippen LogP contribution in [0.5, 0.6) is 0 Å². The van der Waals surface area contributed by atoms with Gasteiger partial charge in [-0.1, -0.05) is 6.07 Å². The summed E-state index contributed by atoms with van der Waals surface area (Å²) in [4.78, 5) is 4.17. The quantitative estimate of drug-likeness (QED) is 0.685. The number of nitrogens with one attached hydrogen (secondary N) is 2. The molecule has 2 heterocycles. The molecule has 0 saturated carbocycles. The maximum atomic E-state index is 5.60. The second-order valence-corrected chi connectivity index (χ2v) is 4.00. The van der Waals surface area contributed by atoms with Crippen LogP contribution in [0.2, 0.25) is 0 Å². The molecule has 0 aliphatic carbocycles. The number of nitrogens with two attached hydrogens (primary N) is 1. The van der Waals surface area contributed by atoms with E-state index in [-0.39, 0.29) is 0 Å². The summed E-state index contributed by atoms with van der Waals surface area (Å²) < 4.78 is 0. The number of hydrogen-bond acceptors (Lipinski definition) is 4. The Kier molecular flexibility index (Phi) is 3.59. The number of nitrogens with zero attached hydrogens (tertiary/aromatic N) is 2. The van der Waals surface area contributed by atoms with Gasteiger partial charge >= 0.3 is 0 Å². The molecule has 0 aromatic carbocycles. The van der Waals surface area contributed by atoms with Crippen LogP contribution in [0.4, 0.5) is 11.6 Å². The van der Waals surface area contributed by atoms with E-state index in [2.05, 4.69) is 20.5 Å². The van der Waals surface area contributed by atoms with Gasteiger partial charge in [0.2, 0.25) is 0 Å². The van der Waals surface area contributed by atoms with Crippen LogP contribution in [-0.4, -0.2) is 21.7 Å². The van der Waals surface area contributed by atoms with E-state index in [4.69, 9.17) is 5.73 Å². The third-order valence-electron chi connectivity index (χ3n) is 2.63. The average Bonchev–Trinajstić information content (AvgIpc) is 2.71. The van der Waals surface area contributed by atoms with Gasteiger partial charge in [0.15, 0.2) is 0 Å². The van der Waals surface area contributed by atoms with Crippen molar-refractivity contribution in [3.63, 3.8) is 0 Å². The molecule has 0 radical (unpaired) electrons. The fourth-order valence-corrected chi connectivity index (χ4v) is 1.67. The standard InChI is InChI=1S/C12H17N5/c1-9-10(8-15-17-9)4-3-7-14-12-6-2-5-11(13)16-12/h2,5-6,8H,3-4,7H2,1H3,(H,15,17)(H3,13,14,16). The maximum absolute atomic E-state index is 5.60. The first-order chi connectivity index (χ1) is 8.25. The average molecular weight is 231 g/mol. The van der Waals surface area contributed by atoms with Gasteiger partial charge in [-0.05, 0) is 37.5 Å². The van der Waals surface area contributed by atoms with Gasteiger partial charge in [-0.2, -0.15) is 5.10 Å². The minimum atomic E-state index is 0.542. The molecular weight excluding hydrogens is 214 g/mol. The zero-order chi connectivity index (χ0) is 12.1. The Balaban J connectivity index is 1.75. The highest BCUT2D eigenvalue weighted by molar-refractivity contribution is 5.42. The van der Waals surface area contributed by atoms with Crippen molar-refractivity contribution in [2.75, 3.05) is 17.6 Å². The van der Waals surface area contributed by atoms with E-state index < -0.39 is 0 Å². The first kappa shape index (κ1) is 11.4. The van der Waals surface area contributed by atoms with Gasteiger partial charge in [0, 0.05) is 12.2 Å². The smallest absolute Gasteiger partial charge is 0.128 e. The van der Waals surface area contributed by atoms with E-state index >= 15 is 0 Å². The highest BCUT2D eigenvalue weighted by Crippen LogP contribution is 2.08. The van der Waals surface area contributed by atoms with Gasteiger partial charge in [0.05, 0.1) is 6.20 Å². The Morgan fingerprint density at radius 3 is 3.00 bits per heavy atom. The molecule has 0 spiro atoms. The third-order valence-corrected chi connectivity index (χ3v) is 2.63. The molecule has 2 aromatic rings. The summed E-state index contributed by atoms with van der Waals surface area (Å²) in [5.74, 6) is 1.37. The second-order valence-electron chi connectivity index (χ2n) is 4.00. The van der Waals surface area contributed by atoms with Crippen molar-refractivity contribution < 1.29 is 0 Å². The summed E-state index contributed by atoms with van der Waals surface area (Å²) in [5, 5.41) is 10.2. The summed E-state index contributed by atoms with van der Waals surface area (Å²) >= 11 is 0. The fraction of sp³-hybridized carbons (Fsp3) is 0.333. The van der Waals surface area contributed by atoms with Gasteiger partial charge in [0.1, 0.15) is 11.6 Å². The number of H-pyrrole nitrogens is 1. The number of aromatic amines is 1. The normalized spacial score (nSPS) is 10.4. The molecule has 0 aliphatic heterocycles. The molecule has 2 rings (SSSR count). The molecule has 0 fully saturated rings. The van der Waals surface area contributed by atoms with E-state index in [1.807, 2.05) is 25.3 Å². The number of anilines is 2. The lowest BCUT2D eigenvalue weighted by atomic mass is 10.1. The second kappa shape index (κ2) is 5.34. The molecule has 5 nitrogen and oxygen atoms in total. The van der Waals surface area contributed by atoms with Crippen LogP contribution in [0, 0.1) is 6.92 Å². The number of rotatable bonds is 5. The predicted molar refractivity (Wildman–Crippen MR) is 68.8 cm³/mol. The Hall–Kier alpha value is -2.04. The summed E-state index contributed by atoms with van der Waals surface area (Å²) in [6.07, 6.45) is 3.93. The van der Waals surface area contributed by atoms with Gasteiger partial charge in [-0.15, -0.1) is 0 Å². The molecule has 17 heavy (non-hydrogen) atoms. The van der Waals surface area contributed by atoms with Crippen molar-refractivity contribution >= 4 is 11.6 Å². The highest BCUT2D eigenvalue weighted by atomic mass is 15.1. The van der Waals surface area contributed by atoms with Crippen molar-refractivity contribution in [2.45, 2.75) is 19.8 Å². The van der Waals surface area contributed by atoms with E-state index in [0.29, 0.717) is 5.82 Å². The SMILES string of the molecule is Cc1[nH]ncc1CCCNc1cccc(N)n1. The van der Waals surface area contributed by atoms with Gasteiger partial charge in [-0.3, -0.25) is 5.10 Å². The number of aryl methyl sites for hydroxylation is 2. The van der Waals surface area contributed by atoms with Crippen molar-refractivity contribution in [1.29, 1.82) is 0 Å². The lowest BCUT2D eigenvalue weighted by molar-refractivity contribution is 0.854. The first-order valence-electron chi connectivity index (χ1n) is 5.71. The molecule has 5 heteroatoms. The highest BCUT2D eigenvalue weighted by Gasteiger charge is 2.00. The van der Waals surface area contributed by atoms with Crippen LogP contribution in [0.1, 0.15) is 17.7 Å². The molecule has 0 saturated heterocycles. The molecule has 0 unspecified atom stereocenters. The van der Waals surface area contributed by atoms with Crippen molar-refractivity contribution in [1.82, 2.24) is 15.2 Å². The van der Waals surface area contributed by atoms with E-state index in [0.717, 1.165) is 30.9 Å². The van der Waals surface area contributed by atoms with Crippen molar-refractivity contribution in [2.24, 2.45) is 0 Å². The van der Waals surface area contributed by atoms with E-state index in [9.17, 15) is 0 Å². The predicted octanol–water partition coefficient (Wildman–Crippen LogP) is 1.74. The minimum Gasteiger partial charge on any atom is -0.384 e. The van der Waals surface area contributed by atoms with E-state index in [1.54, 1.807) is 6.07 Å². The molecule has 0 aliphatic rings. The summed E-state index contributed by atoms with van der Waals surface area (Å²) in [5.41, 5.74) is 8.01. The number of pyridine rings is 1. The van der Waals surface area contributed by atoms with Crippen molar-refractivity contribution in [3.8, 4) is 0 Å². The van der Waals surface area contributed by atoms with Crippen molar-refractivity contribution in [3.05, 3.63) is 35.7 Å². The van der Waals surface area contributed by atoms with Crippen LogP contribution < -0.4 is 11.1 Å². The lowest BCUT2D eigenvalue weighted by Gasteiger charge is -2.05. The zero-order valence-electron chi connectivity index (χ0n) is 9.90. The minimum absolute atomic E-state index is 0.542. The van der Waals surface area contributed by atoms with Crippen LogP contribution in [0.15, 0.2) is 24.4 Å². The molecule has 0 atom stereocenters. The topological polar surface area (TPSA) is 79.6 Å². The Bertz CT molecular complexity index is 477. The molecule has 2 aromatic heterocycles. The van der Waals surface area contributed by atoms with Gasteiger partial charge in [-0.25, -0.2) is 4.98 Å². The number of hydrogen-bond donors (Lipinski definition) is 3. The maximum Gasteiger partial charge on any atom is 0.128 e. The fourth-order valence-electron chi connectivity index (χ4n) is 1.67. The van der Waals surface area contributed by atoms with Crippen LogP contribution in [0.25, 0.3) is 0 Å². The Morgan fingerprint density at radius 2 is 2.29 bits per heavy atom. The first-order valence-corrected chi connectivity index (χ1v) is 5.71.